The van der Waals surface area contributed by atoms with E-state index in [2.05, 4.69) is 328 Å². The van der Waals surface area contributed by atoms with E-state index in [0.29, 0.717) is 0 Å². The van der Waals surface area contributed by atoms with Crippen molar-refractivity contribution in [3.8, 4) is 66.8 Å². The van der Waals surface area contributed by atoms with Crippen molar-refractivity contribution in [1.82, 2.24) is 0 Å². The summed E-state index contributed by atoms with van der Waals surface area (Å²) in [5.41, 5.74) is 29.5. The summed E-state index contributed by atoms with van der Waals surface area (Å²) >= 11 is 0. The first-order valence-electron chi connectivity index (χ1n) is 31.4. The molecular weight excluding hydrogens is 1080 g/mol. The summed E-state index contributed by atoms with van der Waals surface area (Å²) in [7, 11) is 0. The standard InChI is InChI=1S/C90H54/c1-4-22-67-58(19-1)43-64(70-25-7-10-28-73(67)70)52-88-79-34-16-13-31-76(79)82-40-37-55(49-85(82)88)61-46-62(56-38-41-83-77-32-14-17-35-80(77)89(86(83)50-56)53-65-44-59-20-2-5-23-68(59)74-29-11-8-26-71(65)74)48-63(47-61)57-39-42-84-78-33-15-18-36-81(78)90(87(84)51-57)54-66-45-60-21-3-6-24-69(60)75-30-12-9-27-72(66)75/h1-54H/b88-52+,89-53+,90-54+. The van der Waals surface area contributed by atoms with E-state index < -0.39 is 0 Å². The molecule has 0 aromatic heterocycles. The molecule has 0 spiro atoms. The maximum Gasteiger partial charge on any atom is -0.00926 e. The van der Waals surface area contributed by atoms with Gasteiger partial charge in [0.1, 0.15) is 0 Å². The van der Waals surface area contributed by atoms with Crippen LogP contribution in [0.25, 0.3) is 166 Å². The number of fused-ring (bicyclic) bond motifs is 18. The van der Waals surface area contributed by atoms with Gasteiger partial charge in [0.2, 0.25) is 0 Å². The van der Waals surface area contributed by atoms with Crippen LogP contribution >= 0.6 is 0 Å². The summed E-state index contributed by atoms with van der Waals surface area (Å²) in [6.07, 6.45) is 7.36. The molecule has 414 valence electrons. The van der Waals surface area contributed by atoms with E-state index in [1.807, 2.05) is 0 Å². The van der Waals surface area contributed by atoms with Gasteiger partial charge in [-0.05, 0) is 271 Å². The van der Waals surface area contributed by atoms with E-state index in [0.717, 1.165) is 0 Å². The first-order valence-corrected chi connectivity index (χ1v) is 31.4. The molecule has 90 heavy (non-hydrogen) atoms. The Hall–Kier alpha value is -11.7. The second-order valence-electron chi connectivity index (χ2n) is 24.6. The Labute approximate surface area is 522 Å². The monoisotopic (exact) mass is 1130 g/mol. The third-order valence-electron chi connectivity index (χ3n) is 19.7. The molecule has 0 amide bonds. The van der Waals surface area contributed by atoms with E-state index in [1.54, 1.807) is 0 Å². The van der Waals surface area contributed by atoms with Crippen molar-refractivity contribution in [2.75, 3.05) is 0 Å². The van der Waals surface area contributed by atoms with Gasteiger partial charge in [-0.1, -0.05) is 255 Å². The van der Waals surface area contributed by atoms with Gasteiger partial charge >= 0.3 is 0 Å². The van der Waals surface area contributed by atoms with Gasteiger partial charge in [0.25, 0.3) is 0 Å². The van der Waals surface area contributed by atoms with Crippen LogP contribution in [0.15, 0.2) is 309 Å². The minimum absolute atomic E-state index is 1.17. The van der Waals surface area contributed by atoms with Crippen molar-refractivity contribution >= 4 is 99.6 Å². The maximum atomic E-state index is 2.47. The van der Waals surface area contributed by atoms with Crippen LogP contribution in [0.4, 0.5) is 0 Å². The minimum atomic E-state index is 1.17. The van der Waals surface area contributed by atoms with E-state index >= 15 is 0 Å². The van der Waals surface area contributed by atoms with Crippen molar-refractivity contribution in [2.45, 2.75) is 0 Å². The SMILES string of the molecule is C(=C1/c2ccccc2-c2ccc(-c3cc(-c4ccc5c(c4)/C(=C/c4cc6ccccc6c6ccccc46)c4ccccc4-5)cc(-c4ccc5c(c4)/C(=C/c4cc6ccccc6c6ccccc46)c4ccccc4-5)c3)cc21)/c1cc2ccccc2c2ccccc12. The van der Waals surface area contributed by atoms with Crippen LogP contribution in [0.2, 0.25) is 0 Å². The number of hydrogen-bond acceptors (Lipinski definition) is 0. The number of benzene rings is 16. The van der Waals surface area contributed by atoms with Crippen LogP contribution in [-0.4, -0.2) is 0 Å². The van der Waals surface area contributed by atoms with Gasteiger partial charge in [-0.3, -0.25) is 0 Å². The maximum absolute atomic E-state index is 2.47. The van der Waals surface area contributed by atoms with Gasteiger partial charge in [-0.25, -0.2) is 0 Å². The third kappa shape index (κ3) is 7.88. The lowest BCUT2D eigenvalue weighted by atomic mass is 9.89. The van der Waals surface area contributed by atoms with Gasteiger partial charge in [0.05, 0.1) is 0 Å². The predicted octanol–water partition coefficient (Wildman–Crippen LogP) is 24.3. The first kappa shape index (κ1) is 50.5. The molecule has 19 rings (SSSR count). The molecule has 0 N–H and O–H groups in total. The van der Waals surface area contributed by atoms with Crippen molar-refractivity contribution in [3.63, 3.8) is 0 Å². The van der Waals surface area contributed by atoms with Crippen molar-refractivity contribution in [1.29, 1.82) is 0 Å². The summed E-state index contributed by atoms with van der Waals surface area (Å²) in [4.78, 5) is 0. The second-order valence-corrected chi connectivity index (χ2v) is 24.6. The van der Waals surface area contributed by atoms with Gasteiger partial charge in [-0.2, -0.15) is 0 Å². The highest BCUT2D eigenvalue weighted by Crippen LogP contribution is 2.52. The quantitative estimate of drug-likeness (QED) is 0.146. The van der Waals surface area contributed by atoms with Crippen LogP contribution in [0.1, 0.15) is 50.1 Å². The van der Waals surface area contributed by atoms with E-state index in [1.165, 1.54) is 198 Å². The van der Waals surface area contributed by atoms with Crippen LogP contribution in [0.5, 0.6) is 0 Å². The predicted molar refractivity (Wildman–Crippen MR) is 384 cm³/mol. The Bertz CT molecular complexity index is 5310. The first-order chi connectivity index (χ1) is 44.6. The van der Waals surface area contributed by atoms with Crippen molar-refractivity contribution in [2.24, 2.45) is 0 Å². The molecule has 0 heteroatoms. The van der Waals surface area contributed by atoms with E-state index in [4.69, 9.17) is 0 Å². The molecule has 3 aliphatic carbocycles. The van der Waals surface area contributed by atoms with Crippen LogP contribution < -0.4 is 0 Å². The fourth-order valence-corrected chi connectivity index (χ4v) is 15.5. The number of hydrogen-bond donors (Lipinski definition) is 0. The lowest BCUT2D eigenvalue weighted by Gasteiger charge is -2.15. The van der Waals surface area contributed by atoms with Crippen LogP contribution in [0, 0.1) is 0 Å². The molecule has 0 aliphatic heterocycles. The smallest absolute Gasteiger partial charge is 0.00926 e. The van der Waals surface area contributed by atoms with Crippen molar-refractivity contribution < 1.29 is 0 Å². The summed E-state index contributed by atoms with van der Waals surface area (Å²) in [6.45, 7) is 0. The average molecular weight is 1140 g/mol. The van der Waals surface area contributed by atoms with Gasteiger partial charge < -0.3 is 0 Å². The summed E-state index contributed by atoms with van der Waals surface area (Å²) in [5, 5.41) is 15.1. The molecular formula is C90H54. The van der Waals surface area contributed by atoms with Gasteiger partial charge in [0.15, 0.2) is 0 Å². The molecule has 0 saturated carbocycles. The van der Waals surface area contributed by atoms with E-state index in [9.17, 15) is 0 Å². The van der Waals surface area contributed by atoms with Gasteiger partial charge in [0, 0.05) is 0 Å². The molecule has 0 bridgehead atoms. The lowest BCUT2D eigenvalue weighted by Crippen LogP contribution is -1.91. The number of rotatable bonds is 6. The molecule has 0 nitrogen and oxygen atoms in total. The average Bonchev–Trinajstić information content (AvgIpc) is 1.66. The molecule has 3 aliphatic rings. The summed E-state index contributed by atoms with van der Waals surface area (Å²) < 4.78 is 0. The fraction of sp³-hybridized carbons (Fsp3) is 0. The fourth-order valence-electron chi connectivity index (χ4n) is 15.5. The van der Waals surface area contributed by atoms with Crippen LogP contribution in [0.3, 0.4) is 0 Å². The Morgan fingerprint density at radius 3 is 0.678 bits per heavy atom. The molecule has 0 atom stereocenters. The Morgan fingerprint density at radius 1 is 0.144 bits per heavy atom. The highest BCUT2D eigenvalue weighted by Gasteiger charge is 2.28. The zero-order valence-corrected chi connectivity index (χ0v) is 49.2. The zero-order chi connectivity index (χ0) is 59.0. The Kier molecular flexibility index (Phi) is 11.2. The van der Waals surface area contributed by atoms with Gasteiger partial charge in [-0.15, -0.1) is 0 Å². The molecule has 0 radical (unpaired) electrons. The lowest BCUT2D eigenvalue weighted by molar-refractivity contribution is 1.55. The van der Waals surface area contributed by atoms with Crippen LogP contribution in [-0.2, 0) is 0 Å². The topological polar surface area (TPSA) is 0 Å². The second kappa shape index (κ2) is 19.9. The zero-order valence-electron chi connectivity index (χ0n) is 49.2. The summed E-state index contributed by atoms with van der Waals surface area (Å²) in [5.74, 6) is 0. The summed E-state index contributed by atoms with van der Waals surface area (Å²) in [6, 6.07) is 116. The van der Waals surface area contributed by atoms with E-state index in [-0.39, 0.29) is 0 Å². The molecule has 0 unspecified atom stereocenters. The highest BCUT2D eigenvalue weighted by atomic mass is 14.3. The molecule has 0 fully saturated rings. The third-order valence-corrected chi connectivity index (χ3v) is 19.7. The minimum Gasteiger partial charge on any atom is -0.0616 e. The van der Waals surface area contributed by atoms with Crippen molar-refractivity contribution in [3.05, 3.63) is 359 Å². The Balaban J connectivity index is 0.814. The molecule has 16 aromatic rings. The molecule has 0 saturated heterocycles. The molecule has 16 aromatic carbocycles. The Morgan fingerprint density at radius 2 is 0.378 bits per heavy atom. The largest absolute Gasteiger partial charge is 0.0616 e. The molecule has 0 heterocycles. The normalized spacial score (nSPS) is 14.1. The highest BCUT2D eigenvalue weighted by molar-refractivity contribution is 6.18.